The van der Waals surface area contributed by atoms with Gasteiger partial charge in [0.2, 0.25) is 5.95 Å². The summed E-state index contributed by atoms with van der Waals surface area (Å²) < 4.78 is 8.69. The van der Waals surface area contributed by atoms with E-state index in [1.54, 1.807) is 11.8 Å². The van der Waals surface area contributed by atoms with Crippen LogP contribution >= 0.6 is 11.8 Å². The SMILES string of the molecule is c1ccc2c(c1)Sc1cccc3nc(-n4c5ccccc5c5ccc6c7ccccc7oc6c54)nc-2c13. The molecule has 4 nitrogen and oxygen atoms in total. The first-order chi connectivity index (χ1) is 18.3. The maximum Gasteiger partial charge on any atom is 0.235 e. The molecule has 0 N–H and O–H groups in total. The molecule has 1 aliphatic rings. The van der Waals surface area contributed by atoms with E-state index in [1.165, 1.54) is 9.79 Å². The third-order valence-corrected chi connectivity index (χ3v) is 8.55. The average molecular weight is 492 g/mol. The van der Waals surface area contributed by atoms with E-state index >= 15 is 0 Å². The van der Waals surface area contributed by atoms with Crippen molar-refractivity contribution in [3.63, 3.8) is 0 Å². The van der Waals surface area contributed by atoms with E-state index in [9.17, 15) is 0 Å². The summed E-state index contributed by atoms with van der Waals surface area (Å²) >= 11 is 1.79. The van der Waals surface area contributed by atoms with Crippen LogP contribution in [0.1, 0.15) is 0 Å². The Balaban J connectivity index is 1.48. The van der Waals surface area contributed by atoms with E-state index in [4.69, 9.17) is 14.4 Å². The average Bonchev–Trinajstić information content (AvgIpc) is 3.49. The molecule has 0 bridgehead atoms. The number of fused-ring (bicyclic) bond motifs is 9. The molecule has 0 atom stereocenters. The van der Waals surface area contributed by atoms with Crippen molar-refractivity contribution in [1.29, 1.82) is 0 Å². The molecule has 3 aromatic heterocycles. The van der Waals surface area contributed by atoms with E-state index in [0.717, 1.165) is 65.9 Å². The highest BCUT2D eigenvalue weighted by molar-refractivity contribution is 7.99. The summed E-state index contributed by atoms with van der Waals surface area (Å²) in [5.74, 6) is 0.653. The molecular weight excluding hydrogens is 474 g/mol. The molecule has 0 amide bonds. The van der Waals surface area contributed by atoms with Gasteiger partial charge in [-0.1, -0.05) is 78.5 Å². The van der Waals surface area contributed by atoms with Gasteiger partial charge in [-0.05, 0) is 36.4 Å². The zero-order valence-electron chi connectivity index (χ0n) is 19.5. The normalized spacial score (nSPS) is 12.8. The number of benzene rings is 5. The van der Waals surface area contributed by atoms with Gasteiger partial charge in [-0.3, -0.25) is 4.57 Å². The fourth-order valence-electron chi connectivity index (χ4n) is 5.83. The van der Waals surface area contributed by atoms with E-state index in [2.05, 4.69) is 95.6 Å². The van der Waals surface area contributed by atoms with Gasteiger partial charge in [-0.25, -0.2) is 9.97 Å². The van der Waals surface area contributed by atoms with Crippen LogP contribution in [0.4, 0.5) is 0 Å². The Morgan fingerprint density at radius 1 is 0.622 bits per heavy atom. The first-order valence-electron chi connectivity index (χ1n) is 12.3. The lowest BCUT2D eigenvalue weighted by Crippen LogP contribution is -2.05. The Morgan fingerprint density at radius 3 is 2.38 bits per heavy atom. The highest BCUT2D eigenvalue weighted by Crippen LogP contribution is 2.47. The minimum atomic E-state index is 0.653. The molecule has 0 aliphatic carbocycles. The molecule has 172 valence electrons. The quantitative estimate of drug-likeness (QED) is 0.230. The smallest absolute Gasteiger partial charge is 0.235 e. The van der Waals surface area contributed by atoms with Crippen LogP contribution in [0.5, 0.6) is 0 Å². The van der Waals surface area contributed by atoms with Crippen molar-refractivity contribution < 1.29 is 4.42 Å². The van der Waals surface area contributed by atoms with E-state index < -0.39 is 0 Å². The molecule has 0 unspecified atom stereocenters. The summed E-state index contributed by atoms with van der Waals surface area (Å²) in [5.41, 5.74) is 6.87. The molecule has 5 heteroatoms. The second-order valence-corrected chi connectivity index (χ2v) is 10.5. The van der Waals surface area contributed by atoms with Crippen LogP contribution in [0.2, 0.25) is 0 Å². The standard InChI is InChI=1S/C32H17N3OS/c1-4-12-24-18(8-1)20-16-17-21-19-9-2-5-13-25(19)36-31(21)30(20)35(24)32-33-23-11-7-15-27-28(23)29(34-32)22-10-3-6-14-26(22)37-27/h1-17H. The van der Waals surface area contributed by atoms with Crippen molar-refractivity contribution in [2.45, 2.75) is 9.79 Å². The second kappa shape index (κ2) is 6.99. The van der Waals surface area contributed by atoms with Gasteiger partial charge in [-0.15, -0.1) is 0 Å². The lowest BCUT2D eigenvalue weighted by Gasteiger charge is -2.20. The van der Waals surface area contributed by atoms with Crippen molar-refractivity contribution in [3.8, 4) is 17.2 Å². The Morgan fingerprint density at radius 2 is 1.41 bits per heavy atom. The fourth-order valence-corrected chi connectivity index (χ4v) is 6.94. The molecule has 1 aliphatic heterocycles. The maximum atomic E-state index is 6.51. The first kappa shape index (κ1) is 19.6. The van der Waals surface area contributed by atoms with Crippen molar-refractivity contribution >= 4 is 66.4 Å². The van der Waals surface area contributed by atoms with Crippen LogP contribution in [-0.2, 0) is 0 Å². The Kier molecular flexibility index (Phi) is 3.70. The third kappa shape index (κ3) is 2.54. The predicted octanol–water partition coefficient (Wildman–Crippen LogP) is 8.76. The topological polar surface area (TPSA) is 43.9 Å². The number of aromatic nitrogens is 3. The third-order valence-electron chi connectivity index (χ3n) is 7.41. The monoisotopic (exact) mass is 491 g/mol. The molecule has 8 aromatic rings. The summed E-state index contributed by atoms with van der Waals surface area (Å²) in [6.45, 7) is 0. The molecule has 0 saturated heterocycles. The van der Waals surface area contributed by atoms with Crippen LogP contribution in [0.25, 0.3) is 71.9 Å². The summed E-state index contributed by atoms with van der Waals surface area (Å²) in [6.07, 6.45) is 0. The van der Waals surface area contributed by atoms with Gasteiger partial charge in [0.05, 0.1) is 16.7 Å². The second-order valence-electron chi connectivity index (χ2n) is 9.41. The van der Waals surface area contributed by atoms with Crippen molar-refractivity contribution in [2.75, 3.05) is 0 Å². The minimum Gasteiger partial charge on any atom is -0.454 e. The summed E-state index contributed by atoms with van der Waals surface area (Å²) in [4.78, 5) is 12.8. The molecular formula is C32H17N3OS. The van der Waals surface area contributed by atoms with Gasteiger partial charge in [-0.2, -0.15) is 0 Å². The largest absolute Gasteiger partial charge is 0.454 e. The molecule has 5 aromatic carbocycles. The molecule has 0 saturated carbocycles. The summed E-state index contributed by atoms with van der Waals surface area (Å²) in [6, 6.07) is 35.9. The number of para-hydroxylation sites is 2. The Labute approximate surface area is 215 Å². The van der Waals surface area contributed by atoms with Crippen LogP contribution in [0.15, 0.2) is 117 Å². The molecule has 37 heavy (non-hydrogen) atoms. The number of hydrogen-bond donors (Lipinski definition) is 0. The fraction of sp³-hybridized carbons (Fsp3) is 0. The first-order valence-corrected chi connectivity index (χ1v) is 13.1. The number of nitrogens with zero attached hydrogens (tertiary/aromatic N) is 3. The van der Waals surface area contributed by atoms with Crippen LogP contribution in [0.3, 0.4) is 0 Å². The molecule has 0 spiro atoms. The van der Waals surface area contributed by atoms with Crippen molar-refractivity contribution in [1.82, 2.24) is 14.5 Å². The van der Waals surface area contributed by atoms with Crippen LogP contribution in [-0.4, -0.2) is 14.5 Å². The number of rotatable bonds is 1. The zero-order chi connectivity index (χ0) is 24.1. The number of furan rings is 1. The van der Waals surface area contributed by atoms with Gasteiger partial charge < -0.3 is 4.42 Å². The Hall–Kier alpha value is -4.61. The van der Waals surface area contributed by atoms with Gasteiger partial charge in [0.1, 0.15) is 11.1 Å². The van der Waals surface area contributed by atoms with Crippen LogP contribution < -0.4 is 0 Å². The van der Waals surface area contributed by atoms with Crippen molar-refractivity contribution in [2.24, 2.45) is 0 Å². The molecule has 0 radical (unpaired) electrons. The Bertz CT molecular complexity index is 2240. The summed E-state index contributed by atoms with van der Waals surface area (Å²) in [7, 11) is 0. The maximum absolute atomic E-state index is 6.51. The van der Waals surface area contributed by atoms with E-state index in [0.29, 0.717) is 5.95 Å². The molecule has 9 rings (SSSR count). The summed E-state index contributed by atoms with van der Waals surface area (Å²) in [5, 5.41) is 5.61. The highest BCUT2D eigenvalue weighted by Gasteiger charge is 2.25. The van der Waals surface area contributed by atoms with E-state index in [-0.39, 0.29) is 0 Å². The minimum absolute atomic E-state index is 0.653. The molecule has 0 fully saturated rings. The van der Waals surface area contributed by atoms with Gasteiger partial charge in [0.25, 0.3) is 0 Å². The zero-order valence-corrected chi connectivity index (χ0v) is 20.3. The highest BCUT2D eigenvalue weighted by atomic mass is 32.2. The van der Waals surface area contributed by atoms with Crippen molar-refractivity contribution in [3.05, 3.63) is 103 Å². The number of hydrogen-bond acceptors (Lipinski definition) is 4. The van der Waals surface area contributed by atoms with Crippen LogP contribution in [0, 0.1) is 0 Å². The van der Waals surface area contributed by atoms with Gasteiger partial charge >= 0.3 is 0 Å². The van der Waals surface area contributed by atoms with Gasteiger partial charge in [0, 0.05) is 42.3 Å². The lowest BCUT2D eigenvalue weighted by molar-refractivity contribution is 0.671. The lowest BCUT2D eigenvalue weighted by atomic mass is 10.1. The molecule has 4 heterocycles. The van der Waals surface area contributed by atoms with E-state index in [1.807, 2.05) is 12.1 Å². The van der Waals surface area contributed by atoms with Gasteiger partial charge in [0.15, 0.2) is 5.58 Å². The predicted molar refractivity (Wildman–Crippen MR) is 151 cm³/mol.